The number of amides is 2. The van der Waals surface area contributed by atoms with Crippen molar-refractivity contribution in [2.75, 3.05) is 43.5 Å². The standard InChI is InChI=1S/C21H24ClN3O3/c22-17-4-1-16(2-5-17)3-10-20(26)23-18-6-8-19(9-7-18)24-21(27)15-25-11-13-28-14-12-25/h1-2,4-9H,3,10-15H2,(H,23,26)(H,24,27). The highest BCUT2D eigenvalue weighted by atomic mass is 35.5. The highest BCUT2D eigenvalue weighted by Crippen LogP contribution is 2.15. The number of rotatable bonds is 7. The molecule has 2 aromatic carbocycles. The average Bonchev–Trinajstić information content (AvgIpc) is 2.70. The SMILES string of the molecule is O=C(CCc1ccc(Cl)cc1)Nc1ccc(NC(=O)CN2CCOCC2)cc1. The molecule has 0 spiro atoms. The minimum Gasteiger partial charge on any atom is -0.379 e. The molecule has 0 aromatic heterocycles. The predicted molar refractivity (Wildman–Crippen MR) is 111 cm³/mol. The zero-order chi connectivity index (χ0) is 19.8. The number of hydrogen-bond acceptors (Lipinski definition) is 4. The number of ether oxygens (including phenoxy) is 1. The zero-order valence-corrected chi connectivity index (χ0v) is 16.4. The van der Waals surface area contributed by atoms with Crippen LogP contribution in [0.2, 0.25) is 5.02 Å². The average molecular weight is 402 g/mol. The lowest BCUT2D eigenvalue weighted by molar-refractivity contribution is -0.118. The van der Waals surface area contributed by atoms with Gasteiger partial charge in [-0.05, 0) is 48.4 Å². The molecular weight excluding hydrogens is 378 g/mol. The van der Waals surface area contributed by atoms with Crippen LogP contribution in [0.5, 0.6) is 0 Å². The first-order chi connectivity index (χ1) is 13.6. The molecule has 7 heteroatoms. The van der Waals surface area contributed by atoms with Crippen LogP contribution >= 0.6 is 11.6 Å². The van der Waals surface area contributed by atoms with Gasteiger partial charge in [-0.25, -0.2) is 0 Å². The van der Waals surface area contributed by atoms with Gasteiger partial charge >= 0.3 is 0 Å². The molecular formula is C21H24ClN3O3. The van der Waals surface area contributed by atoms with Gasteiger partial charge in [0, 0.05) is 35.9 Å². The van der Waals surface area contributed by atoms with Gasteiger partial charge in [-0.1, -0.05) is 23.7 Å². The minimum atomic E-state index is -0.0564. The topological polar surface area (TPSA) is 70.7 Å². The fraction of sp³-hybridized carbons (Fsp3) is 0.333. The summed E-state index contributed by atoms with van der Waals surface area (Å²) in [6, 6.07) is 14.6. The number of nitrogens with zero attached hydrogens (tertiary/aromatic N) is 1. The number of aryl methyl sites for hydroxylation is 1. The van der Waals surface area contributed by atoms with Gasteiger partial charge in [-0.15, -0.1) is 0 Å². The Balaban J connectivity index is 1.42. The van der Waals surface area contributed by atoms with E-state index in [4.69, 9.17) is 16.3 Å². The first kappa shape index (κ1) is 20.3. The Kier molecular flexibility index (Phi) is 7.42. The number of carbonyl (C=O) groups is 2. The number of hydrogen-bond donors (Lipinski definition) is 2. The first-order valence-electron chi connectivity index (χ1n) is 9.33. The van der Waals surface area contributed by atoms with Gasteiger partial charge in [-0.3, -0.25) is 14.5 Å². The van der Waals surface area contributed by atoms with Crippen molar-refractivity contribution in [3.8, 4) is 0 Å². The van der Waals surface area contributed by atoms with Crippen LogP contribution < -0.4 is 10.6 Å². The van der Waals surface area contributed by atoms with E-state index in [2.05, 4.69) is 15.5 Å². The predicted octanol–water partition coefficient (Wildman–Crippen LogP) is 3.18. The largest absolute Gasteiger partial charge is 0.379 e. The van der Waals surface area contributed by atoms with Crippen molar-refractivity contribution >= 4 is 34.8 Å². The molecule has 1 saturated heterocycles. The molecule has 0 aliphatic carbocycles. The summed E-state index contributed by atoms with van der Waals surface area (Å²) in [5, 5.41) is 6.43. The number of nitrogens with one attached hydrogen (secondary N) is 2. The summed E-state index contributed by atoms with van der Waals surface area (Å²) in [6.45, 7) is 3.23. The molecule has 0 atom stereocenters. The summed E-state index contributed by atoms with van der Waals surface area (Å²) in [7, 11) is 0. The lowest BCUT2D eigenvalue weighted by Gasteiger charge is -2.25. The van der Waals surface area contributed by atoms with Gasteiger partial charge < -0.3 is 15.4 Å². The van der Waals surface area contributed by atoms with E-state index in [0.717, 1.165) is 18.7 Å². The molecule has 6 nitrogen and oxygen atoms in total. The fourth-order valence-corrected chi connectivity index (χ4v) is 3.06. The molecule has 0 radical (unpaired) electrons. The van der Waals surface area contributed by atoms with Gasteiger partial charge in [-0.2, -0.15) is 0 Å². The first-order valence-corrected chi connectivity index (χ1v) is 9.70. The van der Waals surface area contributed by atoms with Crippen LogP contribution in [0.1, 0.15) is 12.0 Å². The van der Waals surface area contributed by atoms with E-state index in [-0.39, 0.29) is 11.8 Å². The van der Waals surface area contributed by atoms with Crippen LogP contribution in [0.3, 0.4) is 0 Å². The molecule has 1 aliphatic heterocycles. The van der Waals surface area contributed by atoms with Gasteiger partial charge in [0.25, 0.3) is 0 Å². The molecule has 2 N–H and O–H groups in total. The highest BCUT2D eigenvalue weighted by molar-refractivity contribution is 6.30. The lowest BCUT2D eigenvalue weighted by Crippen LogP contribution is -2.41. The van der Waals surface area contributed by atoms with Crippen molar-refractivity contribution in [2.45, 2.75) is 12.8 Å². The summed E-state index contributed by atoms with van der Waals surface area (Å²) in [5.41, 5.74) is 2.47. The summed E-state index contributed by atoms with van der Waals surface area (Å²) < 4.78 is 5.28. The van der Waals surface area contributed by atoms with Crippen LogP contribution in [-0.4, -0.2) is 49.6 Å². The van der Waals surface area contributed by atoms with E-state index < -0.39 is 0 Å². The zero-order valence-electron chi connectivity index (χ0n) is 15.6. The van der Waals surface area contributed by atoms with Gasteiger partial charge in [0.05, 0.1) is 19.8 Å². The second kappa shape index (κ2) is 10.2. The summed E-state index contributed by atoms with van der Waals surface area (Å²) >= 11 is 5.86. The van der Waals surface area contributed by atoms with E-state index >= 15 is 0 Å². The Labute approximate surface area is 169 Å². The number of benzene rings is 2. The van der Waals surface area contributed by atoms with Gasteiger partial charge in [0.1, 0.15) is 0 Å². The highest BCUT2D eigenvalue weighted by Gasteiger charge is 2.14. The second-order valence-electron chi connectivity index (χ2n) is 6.69. The van der Waals surface area contributed by atoms with Crippen molar-refractivity contribution in [3.05, 3.63) is 59.1 Å². The molecule has 2 amide bonds. The van der Waals surface area contributed by atoms with E-state index in [1.165, 1.54) is 0 Å². The monoisotopic (exact) mass is 401 g/mol. The lowest BCUT2D eigenvalue weighted by atomic mass is 10.1. The van der Waals surface area contributed by atoms with Crippen molar-refractivity contribution in [3.63, 3.8) is 0 Å². The number of carbonyl (C=O) groups excluding carboxylic acids is 2. The maximum atomic E-state index is 12.1. The molecule has 28 heavy (non-hydrogen) atoms. The quantitative estimate of drug-likeness (QED) is 0.747. The Hall–Kier alpha value is -2.41. The van der Waals surface area contributed by atoms with Crippen molar-refractivity contribution in [2.24, 2.45) is 0 Å². The van der Waals surface area contributed by atoms with Crippen LogP contribution in [0, 0.1) is 0 Å². The molecule has 1 aliphatic rings. The number of morpholine rings is 1. The Morgan fingerprint density at radius 1 is 0.893 bits per heavy atom. The maximum Gasteiger partial charge on any atom is 0.238 e. The van der Waals surface area contributed by atoms with E-state index in [0.29, 0.717) is 49.0 Å². The van der Waals surface area contributed by atoms with Crippen LogP contribution in [0.25, 0.3) is 0 Å². The van der Waals surface area contributed by atoms with Crippen LogP contribution in [0.4, 0.5) is 11.4 Å². The van der Waals surface area contributed by atoms with Crippen LogP contribution in [0.15, 0.2) is 48.5 Å². The third kappa shape index (κ3) is 6.64. The molecule has 0 unspecified atom stereocenters. The number of anilines is 2. The van der Waals surface area contributed by atoms with Crippen LogP contribution in [-0.2, 0) is 20.7 Å². The molecule has 1 heterocycles. The second-order valence-corrected chi connectivity index (χ2v) is 7.13. The smallest absolute Gasteiger partial charge is 0.238 e. The van der Waals surface area contributed by atoms with Crippen molar-refractivity contribution in [1.29, 1.82) is 0 Å². The van der Waals surface area contributed by atoms with Gasteiger partial charge in [0.2, 0.25) is 11.8 Å². The molecule has 1 fully saturated rings. The molecule has 2 aromatic rings. The Morgan fingerprint density at radius 2 is 1.46 bits per heavy atom. The normalized spacial score (nSPS) is 14.5. The summed E-state index contributed by atoms with van der Waals surface area (Å²) in [5.74, 6) is -0.110. The fourth-order valence-electron chi connectivity index (χ4n) is 2.93. The third-order valence-electron chi connectivity index (χ3n) is 4.48. The molecule has 3 rings (SSSR count). The third-order valence-corrected chi connectivity index (χ3v) is 4.73. The summed E-state index contributed by atoms with van der Waals surface area (Å²) in [4.78, 5) is 26.3. The Bertz CT molecular complexity index is 788. The molecule has 0 bridgehead atoms. The van der Waals surface area contributed by atoms with Crippen molar-refractivity contribution < 1.29 is 14.3 Å². The Morgan fingerprint density at radius 3 is 2.07 bits per heavy atom. The number of halogens is 1. The minimum absolute atomic E-state index is 0.0540. The molecule has 0 saturated carbocycles. The molecule has 148 valence electrons. The van der Waals surface area contributed by atoms with Crippen molar-refractivity contribution in [1.82, 2.24) is 4.90 Å². The van der Waals surface area contributed by atoms with E-state index in [1.807, 2.05) is 24.3 Å². The van der Waals surface area contributed by atoms with E-state index in [9.17, 15) is 9.59 Å². The van der Waals surface area contributed by atoms with E-state index in [1.54, 1.807) is 24.3 Å². The summed E-state index contributed by atoms with van der Waals surface area (Å²) in [6.07, 6.45) is 1.04. The van der Waals surface area contributed by atoms with Gasteiger partial charge in [0.15, 0.2) is 0 Å². The maximum absolute atomic E-state index is 12.1.